The first-order valence-corrected chi connectivity index (χ1v) is 7.33. The van der Waals surface area contributed by atoms with Crippen molar-refractivity contribution in [2.75, 3.05) is 4.72 Å². The zero-order valence-electron chi connectivity index (χ0n) is 10.4. The van der Waals surface area contributed by atoms with Gasteiger partial charge in [0.15, 0.2) is 0 Å². The summed E-state index contributed by atoms with van der Waals surface area (Å²) in [6.07, 6.45) is 1.43. The van der Waals surface area contributed by atoms with Crippen LogP contribution in [-0.2, 0) is 10.0 Å². The Kier molecular flexibility index (Phi) is 3.73. The number of halogens is 1. The maximum Gasteiger partial charge on any atom is 0.266 e. The van der Waals surface area contributed by atoms with E-state index in [1.54, 1.807) is 13.0 Å². The summed E-state index contributed by atoms with van der Waals surface area (Å²) in [5, 5.41) is -0.0700. The maximum atomic E-state index is 12.2. The molecule has 0 unspecified atom stereocenters. The van der Waals surface area contributed by atoms with Crippen molar-refractivity contribution < 1.29 is 8.42 Å². The number of pyridine rings is 2. The van der Waals surface area contributed by atoms with Gasteiger partial charge in [-0.2, -0.15) is 0 Å². The molecule has 0 amide bonds. The Morgan fingerprint density at radius 1 is 1.26 bits per heavy atom. The van der Waals surface area contributed by atoms with Gasteiger partial charge in [0.2, 0.25) is 0 Å². The number of nitrogens with one attached hydrogen (secondary N) is 1. The molecule has 0 spiro atoms. The van der Waals surface area contributed by atoms with Gasteiger partial charge in [0, 0.05) is 11.9 Å². The van der Waals surface area contributed by atoms with Crippen molar-refractivity contribution in [1.82, 2.24) is 9.97 Å². The van der Waals surface area contributed by atoms with Gasteiger partial charge in [-0.25, -0.2) is 18.4 Å². The van der Waals surface area contributed by atoms with Crippen LogP contribution < -0.4 is 4.72 Å². The summed E-state index contributed by atoms with van der Waals surface area (Å²) in [5.41, 5.74) is 1.65. The highest BCUT2D eigenvalue weighted by Gasteiger charge is 2.19. The predicted octanol–water partition coefficient (Wildman–Crippen LogP) is 2.55. The molecule has 2 aromatic rings. The summed E-state index contributed by atoms with van der Waals surface area (Å²) < 4.78 is 26.7. The summed E-state index contributed by atoms with van der Waals surface area (Å²) >= 11 is 5.79. The summed E-state index contributed by atoms with van der Waals surface area (Å²) in [5.74, 6) is 0.261. The van der Waals surface area contributed by atoms with E-state index in [-0.39, 0.29) is 15.9 Å². The third-order valence-electron chi connectivity index (χ3n) is 2.35. The average molecular weight is 298 g/mol. The predicted molar refractivity (Wildman–Crippen MR) is 73.8 cm³/mol. The maximum absolute atomic E-state index is 12.2. The molecular formula is C12H12ClN3O2S. The lowest BCUT2D eigenvalue weighted by Crippen LogP contribution is -2.15. The van der Waals surface area contributed by atoms with Crippen molar-refractivity contribution >= 4 is 27.4 Å². The molecule has 0 fully saturated rings. The molecule has 0 aliphatic heterocycles. The topological polar surface area (TPSA) is 72.0 Å². The number of sulfonamides is 1. The molecule has 7 heteroatoms. The number of hydrogen-bond acceptors (Lipinski definition) is 4. The van der Waals surface area contributed by atoms with Crippen LogP contribution in [0.25, 0.3) is 0 Å². The second-order valence-electron chi connectivity index (χ2n) is 4.07. The number of anilines is 1. The fourth-order valence-electron chi connectivity index (χ4n) is 1.66. The first-order valence-electron chi connectivity index (χ1n) is 5.47. The van der Waals surface area contributed by atoms with Crippen LogP contribution in [0, 0.1) is 13.8 Å². The molecule has 0 saturated heterocycles. The van der Waals surface area contributed by atoms with Crippen molar-refractivity contribution in [1.29, 1.82) is 0 Å². The van der Waals surface area contributed by atoms with Gasteiger partial charge in [-0.1, -0.05) is 11.6 Å². The van der Waals surface area contributed by atoms with Gasteiger partial charge in [-0.3, -0.25) is 4.72 Å². The van der Waals surface area contributed by atoms with E-state index >= 15 is 0 Å². The quantitative estimate of drug-likeness (QED) is 0.884. The van der Waals surface area contributed by atoms with E-state index in [2.05, 4.69) is 14.7 Å². The molecule has 5 nitrogen and oxygen atoms in total. The van der Waals surface area contributed by atoms with Crippen molar-refractivity contribution in [3.8, 4) is 0 Å². The number of rotatable bonds is 3. The second kappa shape index (κ2) is 5.14. The molecule has 0 saturated carbocycles. The number of aromatic nitrogens is 2. The third-order valence-corrected chi connectivity index (χ3v) is 4.15. The molecule has 0 aliphatic rings. The molecule has 0 aromatic carbocycles. The van der Waals surface area contributed by atoms with Crippen LogP contribution in [-0.4, -0.2) is 18.4 Å². The zero-order valence-corrected chi connectivity index (χ0v) is 12.0. The second-order valence-corrected chi connectivity index (χ2v) is 6.08. The minimum absolute atomic E-state index is 0.0700. The summed E-state index contributed by atoms with van der Waals surface area (Å²) in [6.45, 7) is 3.66. The van der Waals surface area contributed by atoms with Crippen LogP contribution in [0.2, 0.25) is 5.15 Å². The highest BCUT2D eigenvalue weighted by atomic mass is 35.5. The molecule has 2 aromatic heterocycles. The lowest BCUT2D eigenvalue weighted by Gasteiger charge is -2.09. The number of nitrogens with zero attached hydrogens (tertiary/aromatic N) is 2. The Balaban J connectivity index is 2.39. The smallest absolute Gasteiger partial charge is 0.263 e. The average Bonchev–Trinajstić information content (AvgIpc) is 2.26. The van der Waals surface area contributed by atoms with E-state index in [1.807, 2.05) is 13.0 Å². The summed E-state index contributed by atoms with van der Waals surface area (Å²) in [4.78, 5) is 7.80. The fraction of sp³-hybridized carbons (Fsp3) is 0.167. The molecule has 2 heterocycles. The van der Waals surface area contributed by atoms with Crippen LogP contribution in [0.1, 0.15) is 11.3 Å². The summed E-state index contributed by atoms with van der Waals surface area (Å²) in [7, 11) is -3.78. The largest absolute Gasteiger partial charge is 0.266 e. The van der Waals surface area contributed by atoms with Crippen molar-refractivity contribution in [3.63, 3.8) is 0 Å². The van der Waals surface area contributed by atoms with Gasteiger partial charge in [0.1, 0.15) is 15.9 Å². The van der Waals surface area contributed by atoms with E-state index in [4.69, 9.17) is 11.6 Å². The Hall–Kier alpha value is -1.66. The van der Waals surface area contributed by atoms with Gasteiger partial charge in [-0.05, 0) is 43.7 Å². The number of aryl methyl sites for hydroxylation is 2. The Morgan fingerprint density at radius 3 is 2.63 bits per heavy atom. The van der Waals surface area contributed by atoms with E-state index in [0.717, 1.165) is 11.3 Å². The van der Waals surface area contributed by atoms with Crippen LogP contribution in [0.5, 0.6) is 0 Å². The van der Waals surface area contributed by atoms with Gasteiger partial charge < -0.3 is 0 Å². The highest BCUT2D eigenvalue weighted by molar-refractivity contribution is 7.92. The minimum atomic E-state index is -3.78. The highest BCUT2D eigenvalue weighted by Crippen LogP contribution is 2.21. The van der Waals surface area contributed by atoms with E-state index in [0.29, 0.717) is 0 Å². The van der Waals surface area contributed by atoms with Crippen molar-refractivity contribution in [2.45, 2.75) is 18.7 Å². The summed E-state index contributed by atoms with van der Waals surface area (Å²) in [6, 6.07) is 6.40. The SMILES string of the molecule is Cc1cc(C)nc(NS(=O)(=O)c2cccnc2Cl)c1. The first-order chi connectivity index (χ1) is 8.88. The number of hydrogen-bond donors (Lipinski definition) is 1. The standard InChI is InChI=1S/C12H12ClN3O2S/c1-8-6-9(2)15-11(7-8)16-19(17,18)10-4-3-5-14-12(10)13/h3-7H,1-2H3,(H,15,16). The molecule has 0 atom stereocenters. The van der Waals surface area contributed by atoms with Gasteiger partial charge in [-0.15, -0.1) is 0 Å². The minimum Gasteiger partial charge on any atom is -0.263 e. The molecule has 0 bridgehead atoms. The fourth-order valence-corrected chi connectivity index (χ4v) is 3.10. The van der Waals surface area contributed by atoms with E-state index < -0.39 is 10.0 Å². The van der Waals surface area contributed by atoms with Crippen molar-refractivity contribution in [3.05, 3.63) is 46.9 Å². The molecule has 100 valence electrons. The molecule has 19 heavy (non-hydrogen) atoms. The lowest BCUT2D eigenvalue weighted by molar-refractivity contribution is 0.600. The molecule has 2 rings (SSSR count). The van der Waals surface area contributed by atoms with Crippen LogP contribution in [0.3, 0.4) is 0 Å². The first kappa shape index (κ1) is 13.8. The normalized spacial score (nSPS) is 11.3. The van der Waals surface area contributed by atoms with Gasteiger partial charge >= 0.3 is 0 Å². The zero-order chi connectivity index (χ0) is 14.0. The van der Waals surface area contributed by atoms with E-state index in [1.165, 1.54) is 18.3 Å². The Bertz CT molecular complexity index is 696. The van der Waals surface area contributed by atoms with Gasteiger partial charge in [0.25, 0.3) is 10.0 Å². The Morgan fingerprint density at radius 2 is 2.00 bits per heavy atom. The van der Waals surface area contributed by atoms with Crippen LogP contribution in [0.4, 0.5) is 5.82 Å². The monoisotopic (exact) mass is 297 g/mol. The van der Waals surface area contributed by atoms with Crippen LogP contribution in [0.15, 0.2) is 35.4 Å². The Labute approximate surface area is 116 Å². The molecule has 0 radical (unpaired) electrons. The third kappa shape index (κ3) is 3.21. The van der Waals surface area contributed by atoms with Gasteiger partial charge in [0.05, 0.1) is 0 Å². The van der Waals surface area contributed by atoms with Crippen molar-refractivity contribution in [2.24, 2.45) is 0 Å². The lowest BCUT2D eigenvalue weighted by atomic mass is 10.2. The van der Waals surface area contributed by atoms with Crippen LogP contribution >= 0.6 is 11.6 Å². The molecule has 1 N–H and O–H groups in total. The molecular weight excluding hydrogens is 286 g/mol. The van der Waals surface area contributed by atoms with E-state index in [9.17, 15) is 8.42 Å². The molecule has 0 aliphatic carbocycles.